The first kappa shape index (κ1) is 29.6. The molecule has 0 saturated carbocycles. The first-order valence-electron chi connectivity index (χ1n) is 14.8. The van der Waals surface area contributed by atoms with Gasteiger partial charge in [0.25, 0.3) is 8.32 Å². The van der Waals surface area contributed by atoms with Crippen molar-refractivity contribution in [2.24, 2.45) is 0 Å². The number of rotatable bonds is 15. The highest BCUT2D eigenvalue weighted by Crippen LogP contribution is 2.39. The largest absolute Gasteiger partial charge is 0.457 e. The average molecular weight is 523 g/mol. The quantitative estimate of drug-likeness (QED) is 0.135. The van der Waals surface area contributed by atoms with Gasteiger partial charge in [-0.25, -0.2) is 0 Å². The molecule has 1 aliphatic heterocycles. The fourth-order valence-electron chi connectivity index (χ4n) is 6.01. The Labute approximate surface area is 227 Å². The van der Waals surface area contributed by atoms with Gasteiger partial charge in [0, 0.05) is 6.42 Å². The maximum atomic E-state index is 12.5. The number of cyclic esters (lactones) is 1. The zero-order valence-electron chi connectivity index (χ0n) is 23.9. The van der Waals surface area contributed by atoms with Crippen molar-refractivity contribution in [3.63, 3.8) is 0 Å². The van der Waals surface area contributed by atoms with Gasteiger partial charge in [0.05, 0.1) is 6.61 Å². The number of unbranched alkanes of at least 4 members (excludes halogenated alkanes) is 8. The van der Waals surface area contributed by atoms with E-state index in [1.807, 2.05) is 0 Å². The molecule has 204 valence electrons. The highest BCUT2D eigenvalue weighted by atomic mass is 28.4. The van der Waals surface area contributed by atoms with Gasteiger partial charge in [-0.15, -0.1) is 0 Å². The average Bonchev–Trinajstić information content (AvgIpc) is 2.89. The Morgan fingerprint density at radius 2 is 1.32 bits per heavy atom. The molecule has 1 heterocycles. The molecule has 3 rings (SSSR count). The van der Waals surface area contributed by atoms with Gasteiger partial charge >= 0.3 is 5.97 Å². The maximum absolute atomic E-state index is 12.5. The third-order valence-electron chi connectivity index (χ3n) is 8.05. The van der Waals surface area contributed by atoms with Crippen molar-refractivity contribution in [2.45, 2.75) is 122 Å². The second-order valence-corrected chi connectivity index (χ2v) is 16.3. The number of hydrogen-bond acceptors (Lipinski definition) is 3. The molecule has 0 aromatic heterocycles. The molecule has 0 aliphatic carbocycles. The zero-order valence-corrected chi connectivity index (χ0v) is 24.9. The SMILES string of the molecule is CCCCCCCCCCC[C@]1(CO[Si](c2ccccc2)(c2ccccc2)C(C)(C)C)CCCC(=O)O1. The Balaban J connectivity index is 1.76. The van der Waals surface area contributed by atoms with Crippen molar-refractivity contribution in [2.75, 3.05) is 6.61 Å². The normalized spacial score (nSPS) is 18.5. The minimum absolute atomic E-state index is 0.0618. The summed E-state index contributed by atoms with van der Waals surface area (Å²) in [5.74, 6) is -0.0618. The summed E-state index contributed by atoms with van der Waals surface area (Å²) in [7, 11) is -2.67. The van der Waals surface area contributed by atoms with Crippen molar-refractivity contribution in [3.05, 3.63) is 60.7 Å². The van der Waals surface area contributed by atoms with Gasteiger partial charge in [0.1, 0.15) is 5.60 Å². The number of ether oxygens (including phenoxy) is 1. The molecular weight excluding hydrogens is 472 g/mol. The molecule has 0 radical (unpaired) electrons. The molecule has 2 aromatic carbocycles. The van der Waals surface area contributed by atoms with Gasteiger partial charge in [-0.1, -0.05) is 140 Å². The lowest BCUT2D eigenvalue weighted by Gasteiger charge is -2.46. The molecule has 0 amide bonds. The molecule has 0 N–H and O–H groups in total. The summed E-state index contributed by atoms with van der Waals surface area (Å²) in [6.45, 7) is 9.66. The Kier molecular flexibility index (Phi) is 11.5. The Bertz CT molecular complexity index is 882. The van der Waals surface area contributed by atoms with Crippen LogP contribution in [0.15, 0.2) is 60.7 Å². The smallest absolute Gasteiger partial charge is 0.306 e. The van der Waals surface area contributed by atoms with Crippen LogP contribution < -0.4 is 10.4 Å². The van der Waals surface area contributed by atoms with Gasteiger partial charge in [0.15, 0.2) is 0 Å². The summed E-state index contributed by atoms with van der Waals surface area (Å²) in [6, 6.07) is 21.5. The molecule has 1 atom stereocenters. The van der Waals surface area contributed by atoms with Crippen molar-refractivity contribution >= 4 is 24.7 Å². The van der Waals surface area contributed by atoms with E-state index >= 15 is 0 Å². The minimum Gasteiger partial charge on any atom is -0.457 e. The first-order valence-corrected chi connectivity index (χ1v) is 16.7. The van der Waals surface area contributed by atoms with Crippen LogP contribution in [0.25, 0.3) is 0 Å². The van der Waals surface area contributed by atoms with E-state index in [2.05, 4.69) is 88.4 Å². The fraction of sp³-hybridized carbons (Fsp3) is 0.606. The van der Waals surface area contributed by atoms with Crippen LogP contribution in [0.1, 0.15) is 111 Å². The summed E-state index contributed by atoms with van der Waals surface area (Å²) < 4.78 is 13.4. The van der Waals surface area contributed by atoms with Crippen LogP contribution in [0.3, 0.4) is 0 Å². The summed E-state index contributed by atoms with van der Waals surface area (Å²) in [4.78, 5) is 12.5. The van der Waals surface area contributed by atoms with E-state index in [4.69, 9.17) is 9.16 Å². The molecule has 1 aliphatic rings. The van der Waals surface area contributed by atoms with Crippen LogP contribution >= 0.6 is 0 Å². The highest BCUT2D eigenvalue weighted by molar-refractivity contribution is 6.99. The molecule has 0 bridgehead atoms. The number of hydrogen-bond donors (Lipinski definition) is 0. The van der Waals surface area contributed by atoms with Gasteiger partial charge in [-0.3, -0.25) is 4.79 Å². The Morgan fingerprint density at radius 1 is 0.811 bits per heavy atom. The zero-order chi connectivity index (χ0) is 26.6. The van der Waals surface area contributed by atoms with Crippen molar-refractivity contribution in [1.29, 1.82) is 0 Å². The molecular formula is C33H50O3Si. The standard InChI is InChI=1S/C33H50O3Si/c1-5-6-7-8-9-10-11-12-19-26-33(27-20-25-31(34)36-33)28-35-37(32(2,3)4,29-21-15-13-16-22-29)30-23-17-14-18-24-30/h13-18,21-24H,5-12,19-20,25-28H2,1-4H3/t33-/m1/s1. The molecule has 4 heteroatoms. The van der Waals surface area contributed by atoms with Crippen molar-refractivity contribution < 1.29 is 14.0 Å². The lowest BCUT2D eigenvalue weighted by atomic mass is 9.88. The Morgan fingerprint density at radius 3 is 1.81 bits per heavy atom. The summed E-state index contributed by atoms with van der Waals surface area (Å²) in [5.41, 5.74) is -0.510. The summed E-state index contributed by atoms with van der Waals surface area (Å²) in [6.07, 6.45) is 14.8. The van der Waals surface area contributed by atoms with E-state index in [0.717, 1.165) is 25.7 Å². The van der Waals surface area contributed by atoms with Crippen LogP contribution in [-0.4, -0.2) is 26.5 Å². The van der Waals surface area contributed by atoms with Crippen LogP contribution in [0.2, 0.25) is 5.04 Å². The molecule has 1 saturated heterocycles. The molecule has 0 unspecified atom stereocenters. The fourth-order valence-corrected chi connectivity index (χ4v) is 10.6. The van der Waals surface area contributed by atoms with Crippen molar-refractivity contribution in [3.8, 4) is 0 Å². The molecule has 37 heavy (non-hydrogen) atoms. The van der Waals surface area contributed by atoms with Crippen LogP contribution in [0, 0.1) is 0 Å². The van der Waals surface area contributed by atoms with Gasteiger partial charge in [0.2, 0.25) is 0 Å². The number of carbonyl (C=O) groups is 1. The number of carbonyl (C=O) groups excluding carboxylic acids is 1. The molecule has 1 fully saturated rings. The predicted octanol–water partition coefficient (Wildman–Crippen LogP) is 7.95. The van der Waals surface area contributed by atoms with E-state index < -0.39 is 13.9 Å². The van der Waals surface area contributed by atoms with E-state index in [1.54, 1.807) is 0 Å². The third kappa shape index (κ3) is 8.04. The second-order valence-electron chi connectivity index (χ2n) is 12.0. The lowest BCUT2D eigenvalue weighted by molar-refractivity contribution is -0.173. The van der Waals surface area contributed by atoms with E-state index in [0.29, 0.717) is 13.0 Å². The van der Waals surface area contributed by atoms with Gasteiger partial charge < -0.3 is 9.16 Å². The van der Waals surface area contributed by atoms with E-state index in [1.165, 1.54) is 61.7 Å². The molecule has 3 nitrogen and oxygen atoms in total. The molecule has 2 aromatic rings. The predicted molar refractivity (Wildman–Crippen MR) is 158 cm³/mol. The van der Waals surface area contributed by atoms with Gasteiger partial charge in [-0.05, 0) is 41.1 Å². The minimum atomic E-state index is -2.67. The number of benzene rings is 2. The van der Waals surface area contributed by atoms with E-state index in [-0.39, 0.29) is 11.0 Å². The van der Waals surface area contributed by atoms with Gasteiger partial charge in [-0.2, -0.15) is 0 Å². The topological polar surface area (TPSA) is 35.5 Å². The Hall–Kier alpha value is -1.91. The second kappa shape index (κ2) is 14.3. The monoisotopic (exact) mass is 522 g/mol. The first-order chi connectivity index (χ1) is 17.8. The van der Waals surface area contributed by atoms with Crippen LogP contribution in [0.4, 0.5) is 0 Å². The molecule has 0 spiro atoms. The number of esters is 1. The summed E-state index contributed by atoms with van der Waals surface area (Å²) >= 11 is 0. The van der Waals surface area contributed by atoms with Crippen molar-refractivity contribution in [1.82, 2.24) is 0 Å². The van der Waals surface area contributed by atoms with Crippen LogP contribution in [-0.2, 0) is 14.0 Å². The lowest BCUT2D eigenvalue weighted by Crippen LogP contribution is -2.68. The summed E-state index contributed by atoms with van der Waals surface area (Å²) in [5, 5.41) is 2.45. The third-order valence-corrected chi connectivity index (χ3v) is 13.0. The van der Waals surface area contributed by atoms with Crippen LogP contribution in [0.5, 0.6) is 0 Å². The van der Waals surface area contributed by atoms with E-state index in [9.17, 15) is 4.79 Å². The maximum Gasteiger partial charge on any atom is 0.306 e. The highest BCUT2D eigenvalue weighted by Gasteiger charge is 2.52.